The van der Waals surface area contributed by atoms with Crippen molar-refractivity contribution in [3.63, 3.8) is 0 Å². The molecular weight excluding hydrogens is 264 g/mol. The van der Waals surface area contributed by atoms with Gasteiger partial charge in [-0.1, -0.05) is 31.2 Å². The van der Waals surface area contributed by atoms with Crippen LogP contribution in [0.3, 0.4) is 0 Å². The standard InChI is InChI=1S/C16H24N4O/c1-3-13-6-8-14(9-7-13)21-11-5-10-20-16(4-2)15(12-17)18-19-20/h6-9H,3-5,10-12,17H2,1-2H3. The van der Waals surface area contributed by atoms with Crippen molar-refractivity contribution < 1.29 is 4.74 Å². The second kappa shape index (κ2) is 7.78. The van der Waals surface area contributed by atoms with Crippen LogP contribution in [0.25, 0.3) is 0 Å². The topological polar surface area (TPSA) is 66.0 Å². The summed E-state index contributed by atoms with van der Waals surface area (Å²) in [6, 6.07) is 8.27. The molecule has 0 fully saturated rings. The first-order valence-electron chi connectivity index (χ1n) is 7.61. The molecule has 2 aromatic rings. The van der Waals surface area contributed by atoms with E-state index in [2.05, 4.69) is 36.3 Å². The molecular formula is C16H24N4O. The molecule has 0 radical (unpaired) electrons. The van der Waals surface area contributed by atoms with Crippen molar-refractivity contribution >= 4 is 0 Å². The molecule has 5 heteroatoms. The average Bonchev–Trinajstić information content (AvgIpc) is 2.94. The van der Waals surface area contributed by atoms with E-state index in [1.807, 2.05) is 16.8 Å². The van der Waals surface area contributed by atoms with Gasteiger partial charge < -0.3 is 10.5 Å². The first-order valence-corrected chi connectivity index (χ1v) is 7.61. The van der Waals surface area contributed by atoms with Crippen molar-refractivity contribution in [2.75, 3.05) is 6.61 Å². The molecule has 114 valence electrons. The van der Waals surface area contributed by atoms with Gasteiger partial charge >= 0.3 is 0 Å². The third kappa shape index (κ3) is 4.04. The number of aromatic nitrogens is 3. The van der Waals surface area contributed by atoms with E-state index >= 15 is 0 Å². The van der Waals surface area contributed by atoms with Crippen LogP contribution in [0.15, 0.2) is 24.3 Å². The summed E-state index contributed by atoms with van der Waals surface area (Å²) in [6.07, 6.45) is 2.85. The van der Waals surface area contributed by atoms with Crippen molar-refractivity contribution in [2.24, 2.45) is 5.73 Å². The maximum absolute atomic E-state index is 5.75. The fourth-order valence-electron chi connectivity index (χ4n) is 2.32. The first-order chi connectivity index (χ1) is 10.3. The Bertz CT molecular complexity index is 548. The van der Waals surface area contributed by atoms with Gasteiger partial charge in [0, 0.05) is 19.5 Å². The second-order valence-corrected chi connectivity index (χ2v) is 4.96. The minimum Gasteiger partial charge on any atom is -0.494 e. The number of nitrogens with two attached hydrogens (primary N) is 1. The fourth-order valence-corrected chi connectivity index (χ4v) is 2.32. The van der Waals surface area contributed by atoms with Crippen LogP contribution in [-0.2, 0) is 25.9 Å². The molecule has 0 bridgehead atoms. The maximum Gasteiger partial charge on any atom is 0.119 e. The normalized spacial score (nSPS) is 10.8. The molecule has 0 atom stereocenters. The number of hydrogen-bond acceptors (Lipinski definition) is 4. The minimum atomic E-state index is 0.448. The Labute approximate surface area is 126 Å². The van der Waals surface area contributed by atoms with Crippen molar-refractivity contribution in [1.82, 2.24) is 15.0 Å². The van der Waals surface area contributed by atoms with Gasteiger partial charge in [0.25, 0.3) is 0 Å². The Morgan fingerprint density at radius 3 is 2.52 bits per heavy atom. The van der Waals surface area contributed by atoms with E-state index in [1.165, 1.54) is 5.56 Å². The highest BCUT2D eigenvalue weighted by atomic mass is 16.5. The van der Waals surface area contributed by atoms with Crippen LogP contribution in [0, 0.1) is 0 Å². The van der Waals surface area contributed by atoms with Gasteiger partial charge in [0.1, 0.15) is 5.75 Å². The van der Waals surface area contributed by atoms with Crippen LogP contribution < -0.4 is 10.5 Å². The molecule has 0 aliphatic heterocycles. The maximum atomic E-state index is 5.75. The monoisotopic (exact) mass is 288 g/mol. The summed E-state index contributed by atoms with van der Waals surface area (Å²) >= 11 is 0. The van der Waals surface area contributed by atoms with E-state index in [0.717, 1.165) is 42.9 Å². The van der Waals surface area contributed by atoms with Gasteiger partial charge in [-0.25, -0.2) is 4.68 Å². The van der Waals surface area contributed by atoms with E-state index in [0.29, 0.717) is 13.2 Å². The zero-order chi connectivity index (χ0) is 15.1. The summed E-state index contributed by atoms with van der Waals surface area (Å²) in [5.74, 6) is 0.921. The zero-order valence-corrected chi connectivity index (χ0v) is 12.9. The molecule has 2 rings (SSSR count). The number of rotatable bonds is 8. The summed E-state index contributed by atoms with van der Waals surface area (Å²) in [6.45, 7) is 6.17. The highest BCUT2D eigenvalue weighted by molar-refractivity contribution is 5.27. The zero-order valence-electron chi connectivity index (χ0n) is 12.9. The minimum absolute atomic E-state index is 0.448. The predicted octanol–water partition coefficient (Wildman–Crippen LogP) is 2.33. The van der Waals surface area contributed by atoms with Gasteiger partial charge in [0.05, 0.1) is 18.0 Å². The molecule has 0 aliphatic rings. The smallest absolute Gasteiger partial charge is 0.119 e. The highest BCUT2D eigenvalue weighted by Gasteiger charge is 2.09. The summed E-state index contributed by atoms with van der Waals surface area (Å²) in [5.41, 5.74) is 9.01. The molecule has 0 aliphatic carbocycles. The number of hydrogen-bond donors (Lipinski definition) is 1. The molecule has 2 N–H and O–H groups in total. The van der Waals surface area contributed by atoms with Gasteiger partial charge in [-0.2, -0.15) is 0 Å². The largest absolute Gasteiger partial charge is 0.494 e. The van der Waals surface area contributed by atoms with E-state index in [1.54, 1.807) is 0 Å². The Kier molecular flexibility index (Phi) is 5.75. The molecule has 0 spiro atoms. The van der Waals surface area contributed by atoms with E-state index in [4.69, 9.17) is 10.5 Å². The number of benzene rings is 1. The molecule has 1 heterocycles. The number of ether oxygens (including phenoxy) is 1. The summed E-state index contributed by atoms with van der Waals surface area (Å²) in [5, 5.41) is 8.26. The third-order valence-corrected chi connectivity index (χ3v) is 3.56. The average molecular weight is 288 g/mol. The molecule has 0 saturated heterocycles. The van der Waals surface area contributed by atoms with Crippen molar-refractivity contribution in [1.29, 1.82) is 0 Å². The van der Waals surface area contributed by atoms with Crippen LogP contribution in [0.5, 0.6) is 5.75 Å². The molecule has 5 nitrogen and oxygen atoms in total. The lowest BCUT2D eigenvalue weighted by Gasteiger charge is -2.08. The molecule has 0 amide bonds. The van der Waals surface area contributed by atoms with Gasteiger partial charge in [-0.15, -0.1) is 5.10 Å². The van der Waals surface area contributed by atoms with Crippen LogP contribution in [-0.4, -0.2) is 21.6 Å². The number of nitrogens with zero attached hydrogens (tertiary/aromatic N) is 3. The van der Waals surface area contributed by atoms with Crippen LogP contribution in [0.1, 0.15) is 37.2 Å². The predicted molar refractivity (Wildman–Crippen MR) is 83.2 cm³/mol. The van der Waals surface area contributed by atoms with E-state index < -0.39 is 0 Å². The van der Waals surface area contributed by atoms with Crippen molar-refractivity contribution in [2.45, 2.75) is 46.2 Å². The van der Waals surface area contributed by atoms with E-state index in [-0.39, 0.29) is 0 Å². The summed E-state index contributed by atoms with van der Waals surface area (Å²) < 4.78 is 7.68. The highest BCUT2D eigenvalue weighted by Crippen LogP contribution is 2.13. The Balaban J connectivity index is 1.80. The third-order valence-electron chi connectivity index (χ3n) is 3.56. The molecule has 21 heavy (non-hydrogen) atoms. The SMILES string of the molecule is CCc1ccc(OCCCn2nnc(CN)c2CC)cc1. The molecule has 1 aromatic carbocycles. The lowest BCUT2D eigenvalue weighted by Crippen LogP contribution is -2.10. The van der Waals surface area contributed by atoms with Gasteiger partial charge in [-0.3, -0.25) is 0 Å². The quantitative estimate of drug-likeness (QED) is 0.757. The lowest BCUT2D eigenvalue weighted by atomic mass is 10.2. The number of aryl methyl sites for hydroxylation is 2. The van der Waals surface area contributed by atoms with Crippen LogP contribution in [0.4, 0.5) is 0 Å². The van der Waals surface area contributed by atoms with Crippen molar-refractivity contribution in [3.8, 4) is 5.75 Å². The Morgan fingerprint density at radius 2 is 1.90 bits per heavy atom. The van der Waals surface area contributed by atoms with Gasteiger partial charge in [0.2, 0.25) is 0 Å². The van der Waals surface area contributed by atoms with Crippen LogP contribution in [0.2, 0.25) is 0 Å². The van der Waals surface area contributed by atoms with Crippen LogP contribution >= 0.6 is 0 Å². The summed E-state index contributed by atoms with van der Waals surface area (Å²) in [4.78, 5) is 0. The van der Waals surface area contributed by atoms with Crippen molar-refractivity contribution in [3.05, 3.63) is 41.2 Å². The Morgan fingerprint density at radius 1 is 1.14 bits per heavy atom. The lowest BCUT2D eigenvalue weighted by molar-refractivity contribution is 0.297. The molecule has 0 unspecified atom stereocenters. The molecule has 1 aromatic heterocycles. The summed E-state index contributed by atoms with van der Waals surface area (Å²) in [7, 11) is 0. The van der Waals surface area contributed by atoms with E-state index in [9.17, 15) is 0 Å². The fraction of sp³-hybridized carbons (Fsp3) is 0.500. The van der Waals surface area contributed by atoms with Gasteiger partial charge in [-0.05, 0) is 30.5 Å². The molecule has 0 saturated carbocycles. The Hall–Kier alpha value is -1.88. The van der Waals surface area contributed by atoms with Gasteiger partial charge in [0.15, 0.2) is 0 Å². The first kappa shape index (κ1) is 15.5. The second-order valence-electron chi connectivity index (χ2n) is 4.96.